The van der Waals surface area contributed by atoms with Crippen LogP contribution in [0.2, 0.25) is 0 Å². The second-order valence-corrected chi connectivity index (χ2v) is 7.91. The van der Waals surface area contributed by atoms with Crippen molar-refractivity contribution >= 4 is 0 Å². The molecule has 27 heavy (non-hydrogen) atoms. The molecule has 0 aromatic heterocycles. The average molecular weight is 371 g/mol. The number of aliphatic hydroxyl groups excluding tert-OH is 2. The van der Waals surface area contributed by atoms with Crippen molar-refractivity contribution in [1.82, 2.24) is 4.90 Å². The van der Waals surface area contributed by atoms with E-state index in [2.05, 4.69) is 4.90 Å². The molecule has 144 valence electrons. The van der Waals surface area contributed by atoms with E-state index in [-0.39, 0.29) is 5.82 Å². The van der Waals surface area contributed by atoms with Crippen LogP contribution >= 0.6 is 0 Å². The Labute approximate surface area is 159 Å². The maximum Gasteiger partial charge on any atom is 0.126 e. The summed E-state index contributed by atoms with van der Waals surface area (Å²) in [7, 11) is 0. The molecule has 1 fully saturated rings. The van der Waals surface area contributed by atoms with Crippen LogP contribution in [0.4, 0.5) is 4.39 Å². The molecule has 0 unspecified atom stereocenters. The van der Waals surface area contributed by atoms with Crippen LogP contribution in [-0.2, 0) is 0 Å². The van der Waals surface area contributed by atoms with Gasteiger partial charge in [0.05, 0.1) is 12.2 Å². The summed E-state index contributed by atoms with van der Waals surface area (Å²) in [6, 6.07) is 12.3. The van der Waals surface area contributed by atoms with Gasteiger partial charge < -0.3 is 19.8 Å². The van der Waals surface area contributed by atoms with Crippen LogP contribution in [0.25, 0.3) is 0 Å². The molecular weight excluding hydrogens is 345 g/mol. The van der Waals surface area contributed by atoms with Crippen LogP contribution in [0.3, 0.4) is 0 Å². The van der Waals surface area contributed by atoms with Crippen LogP contribution in [0.15, 0.2) is 42.5 Å². The predicted octanol–water partition coefficient (Wildman–Crippen LogP) is 3.52. The van der Waals surface area contributed by atoms with Gasteiger partial charge in [-0.15, -0.1) is 0 Å². The number of aryl methyl sites for hydroxylation is 1. The molecule has 5 heteroatoms. The van der Waals surface area contributed by atoms with Crippen molar-refractivity contribution in [2.24, 2.45) is 0 Å². The van der Waals surface area contributed by atoms with E-state index in [1.54, 1.807) is 6.07 Å². The third-order valence-corrected chi connectivity index (χ3v) is 5.88. The number of hydrogen-bond donors (Lipinski definition) is 2. The minimum atomic E-state index is -0.700. The summed E-state index contributed by atoms with van der Waals surface area (Å²) in [5.41, 5.74) is 2.24. The highest BCUT2D eigenvalue weighted by Crippen LogP contribution is 2.44. The van der Waals surface area contributed by atoms with E-state index in [1.807, 2.05) is 31.2 Å². The van der Waals surface area contributed by atoms with E-state index < -0.39 is 17.8 Å². The van der Waals surface area contributed by atoms with Crippen LogP contribution in [0.1, 0.15) is 48.2 Å². The zero-order valence-corrected chi connectivity index (χ0v) is 15.6. The van der Waals surface area contributed by atoms with Crippen molar-refractivity contribution in [3.8, 4) is 5.75 Å². The summed E-state index contributed by atoms with van der Waals surface area (Å²) in [6.45, 7) is 4.22. The highest BCUT2D eigenvalue weighted by atomic mass is 19.1. The number of piperidine rings is 1. The second-order valence-electron chi connectivity index (χ2n) is 7.91. The van der Waals surface area contributed by atoms with Gasteiger partial charge in [-0.25, -0.2) is 4.39 Å². The summed E-state index contributed by atoms with van der Waals surface area (Å²) >= 11 is 0. The Morgan fingerprint density at radius 1 is 1.19 bits per heavy atom. The van der Waals surface area contributed by atoms with Gasteiger partial charge in [-0.2, -0.15) is 0 Å². The summed E-state index contributed by atoms with van der Waals surface area (Å²) in [5.74, 6) is 0.232. The van der Waals surface area contributed by atoms with Gasteiger partial charge in [0.2, 0.25) is 0 Å². The molecule has 0 aliphatic carbocycles. The minimum Gasteiger partial charge on any atom is -0.487 e. The number of ether oxygens (including phenoxy) is 1. The molecule has 1 spiro atoms. The Kier molecular flexibility index (Phi) is 4.93. The molecule has 2 heterocycles. The highest BCUT2D eigenvalue weighted by Gasteiger charge is 2.43. The van der Waals surface area contributed by atoms with E-state index in [0.29, 0.717) is 24.3 Å². The fourth-order valence-electron chi connectivity index (χ4n) is 4.20. The molecule has 0 amide bonds. The zero-order chi connectivity index (χ0) is 19.0. The minimum absolute atomic E-state index is 0.354. The SMILES string of the molecule is Cc1ccc([C@H](O)CN2CCC3(CC2)C[C@H](O)c2cc(F)ccc2O3)cc1. The number of hydrogen-bond acceptors (Lipinski definition) is 4. The maximum atomic E-state index is 13.4. The fraction of sp³-hybridized carbons (Fsp3) is 0.455. The number of rotatable bonds is 3. The van der Waals surface area contributed by atoms with Crippen LogP contribution in [0, 0.1) is 12.7 Å². The Bertz CT molecular complexity index is 800. The lowest BCUT2D eigenvalue weighted by atomic mass is 9.81. The van der Waals surface area contributed by atoms with Crippen molar-refractivity contribution in [3.63, 3.8) is 0 Å². The largest absolute Gasteiger partial charge is 0.487 e. The monoisotopic (exact) mass is 371 g/mol. The number of benzene rings is 2. The lowest BCUT2D eigenvalue weighted by molar-refractivity contribution is -0.0589. The lowest BCUT2D eigenvalue weighted by Gasteiger charge is -2.46. The molecule has 2 aliphatic rings. The van der Waals surface area contributed by atoms with E-state index >= 15 is 0 Å². The normalized spacial score (nSPS) is 22.9. The van der Waals surface area contributed by atoms with Gasteiger partial charge in [-0.05, 0) is 43.5 Å². The molecule has 2 aromatic carbocycles. The van der Waals surface area contributed by atoms with Gasteiger partial charge in [0, 0.05) is 31.6 Å². The van der Waals surface area contributed by atoms with Gasteiger partial charge >= 0.3 is 0 Å². The zero-order valence-electron chi connectivity index (χ0n) is 15.6. The van der Waals surface area contributed by atoms with Crippen molar-refractivity contribution < 1.29 is 19.3 Å². The fourth-order valence-corrected chi connectivity index (χ4v) is 4.20. The first-order valence-corrected chi connectivity index (χ1v) is 9.58. The molecule has 2 N–H and O–H groups in total. The van der Waals surface area contributed by atoms with Crippen molar-refractivity contribution in [2.75, 3.05) is 19.6 Å². The van der Waals surface area contributed by atoms with E-state index in [4.69, 9.17) is 4.74 Å². The smallest absolute Gasteiger partial charge is 0.126 e. The van der Waals surface area contributed by atoms with Crippen LogP contribution in [-0.4, -0.2) is 40.3 Å². The second kappa shape index (κ2) is 7.23. The average Bonchev–Trinajstić information content (AvgIpc) is 2.65. The Balaban J connectivity index is 1.39. The molecule has 1 saturated heterocycles. The molecule has 2 atom stereocenters. The van der Waals surface area contributed by atoms with E-state index in [1.165, 1.54) is 17.7 Å². The Morgan fingerprint density at radius 2 is 1.89 bits per heavy atom. The van der Waals surface area contributed by atoms with Gasteiger partial charge in [0.15, 0.2) is 0 Å². The summed E-state index contributed by atoms with van der Waals surface area (Å²) < 4.78 is 19.7. The number of aliphatic hydroxyl groups is 2. The highest BCUT2D eigenvalue weighted by molar-refractivity contribution is 5.38. The molecule has 0 bridgehead atoms. The molecule has 0 radical (unpaired) electrons. The van der Waals surface area contributed by atoms with E-state index in [9.17, 15) is 14.6 Å². The molecular formula is C22H26FNO3. The number of halogens is 1. The third-order valence-electron chi connectivity index (χ3n) is 5.88. The van der Waals surface area contributed by atoms with Gasteiger partial charge in [-0.1, -0.05) is 29.8 Å². The number of β-amino-alcohol motifs (C(OH)–C–C–N with tert-alkyl or cyclic N) is 1. The Hall–Kier alpha value is -1.95. The van der Waals surface area contributed by atoms with Crippen LogP contribution < -0.4 is 4.74 Å². The first-order valence-electron chi connectivity index (χ1n) is 9.58. The summed E-state index contributed by atoms with van der Waals surface area (Å²) in [5, 5.41) is 21.0. The van der Waals surface area contributed by atoms with Gasteiger partial charge in [-0.3, -0.25) is 0 Å². The van der Waals surface area contributed by atoms with Crippen molar-refractivity contribution in [1.29, 1.82) is 0 Å². The summed E-state index contributed by atoms with van der Waals surface area (Å²) in [4.78, 5) is 2.24. The third kappa shape index (κ3) is 3.86. The topological polar surface area (TPSA) is 52.9 Å². The Morgan fingerprint density at radius 3 is 2.59 bits per heavy atom. The standard InChI is InChI=1S/C22H26FNO3/c1-15-2-4-16(5-3-15)20(26)14-24-10-8-22(9-11-24)13-19(25)18-12-17(23)6-7-21(18)27-22/h2-7,12,19-20,25-26H,8-11,13-14H2,1H3/t19-,20+/m0/s1. The van der Waals surface area contributed by atoms with Crippen molar-refractivity contribution in [2.45, 2.75) is 44.0 Å². The molecule has 2 aliphatic heterocycles. The first-order chi connectivity index (χ1) is 12.9. The molecule has 2 aromatic rings. The first kappa shape index (κ1) is 18.4. The predicted molar refractivity (Wildman–Crippen MR) is 101 cm³/mol. The lowest BCUT2D eigenvalue weighted by Crippen LogP contribution is -2.51. The van der Waals surface area contributed by atoms with Gasteiger partial charge in [0.1, 0.15) is 17.2 Å². The number of fused-ring (bicyclic) bond motifs is 1. The van der Waals surface area contributed by atoms with E-state index in [0.717, 1.165) is 31.5 Å². The number of likely N-dealkylation sites (tertiary alicyclic amines) is 1. The number of nitrogens with zero attached hydrogens (tertiary/aromatic N) is 1. The summed E-state index contributed by atoms with van der Waals surface area (Å²) in [6.07, 6.45) is 0.830. The van der Waals surface area contributed by atoms with Gasteiger partial charge in [0.25, 0.3) is 0 Å². The quantitative estimate of drug-likeness (QED) is 0.867. The van der Waals surface area contributed by atoms with Crippen molar-refractivity contribution in [3.05, 3.63) is 65.0 Å². The molecule has 4 rings (SSSR count). The molecule has 4 nitrogen and oxygen atoms in total. The maximum absolute atomic E-state index is 13.4. The molecule has 0 saturated carbocycles. The van der Waals surface area contributed by atoms with Crippen LogP contribution in [0.5, 0.6) is 5.75 Å².